The first-order chi connectivity index (χ1) is 9.25. The van der Waals surface area contributed by atoms with Gasteiger partial charge in [0.05, 0.1) is 6.61 Å². The van der Waals surface area contributed by atoms with Crippen molar-refractivity contribution in [2.75, 3.05) is 25.1 Å². The number of benzene rings is 2. The molecule has 0 atom stereocenters. The number of hydrogen-bond acceptors (Lipinski definition) is 2. The molecule has 0 amide bonds. The van der Waals surface area contributed by atoms with Crippen LogP contribution in [0.25, 0.3) is 0 Å². The highest BCUT2D eigenvalue weighted by Gasteiger charge is 1.99. The zero-order chi connectivity index (χ0) is 13.5. The minimum absolute atomic E-state index is 0.750. The molecule has 0 aliphatic rings. The smallest absolute Gasteiger partial charge is 0.119 e. The van der Waals surface area contributed by atoms with E-state index in [1.807, 2.05) is 18.2 Å². The van der Waals surface area contributed by atoms with Crippen molar-refractivity contribution in [1.29, 1.82) is 0 Å². The lowest BCUT2D eigenvalue weighted by atomic mass is 10.2. The molecule has 0 saturated heterocycles. The Bertz CT molecular complexity index is 478. The van der Waals surface area contributed by atoms with Crippen LogP contribution in [0.3, 0.4) is 0 Å². The van der Waals surface area contributed by atoms with E-state index in [0.29, 0.717) is 0 Å². The lowest BCUT2D eigenvalue weighted by Gasteiger charge is -2.19. The number of rotatable bonds is 6. The van der Waals surface area contributed by atoms with Crippen LogP contribution in [0.15, 0.2) is 54.6 Å². The van der Waals surface area contributed by atoms with E-state index in [4.69, 9.17) is 4.74 Å². The zero-order valence-corrected chi connectivity index (χ0v) is 11.7. The van der Waals surface area contributed by atoms with Gasteiger partial charge in [0, 0.05) is 19.3 Å². The molecule has 2 heteroatoms. The number of hydrogen-bond donors (Lipinski definition) is 0. The van der Waals surface area contributed by atoms with Crippen molar-refractivity contribution < 1.29 is 4.74 Å². The fraction of sp³-hybridized carbons (Fsp3) is 0.294. The minimum atomic E-state index is 0.750. The summed E-state index contributed by atoms with van der Waals surface area (Å²) in [7, 11) is 2.11. The van der Waals surface area contributed by atoms with Crippen LogP contribution in [-0.2, 0) is 0 Å². The maximum absolute atomic E-state index is 5.72. The highest BCUT2D eigenvalue weighted by atomic mass is 16.5. The van der Waals surface area contributed by atoms with Gasteiger partial charge in [-0.25, -0.2) is 0 Å². The van der Waals surface area contributed by atoms with Crippen LogP contribution in [0.5, 0.6) is 5.75 Å². The number of ether oxygens (including phenoxy) is 1. The highest BCUT2D eigenvalue weighted by Crippen LogP contribution is 2.13. The Labute approximate surface area is 115 Å². The third-order valence-electron chi connectivity index (χ3n) is 3.12. The number of aryl methyl sites for hydroxylation is 1. The second kappa shape index (κ2) is 6.83. The summed E-state index contributed by atoms with van der Waals surface area (Å²) >= 11 is 0. The van der Waals surface area contributed by atoms with Crippen LogP contribution in [0, 0.1) is 6.92 Å². The predicted molar refractivity (Wildman–Crippen MR) is 81.0 cm³/mol. The Morgan fingerprint density at radius 1 is 0.947 bits per heavy atom. The lowest BCUT2D eigenvalue weighted by Crippen LogP contribution is -2.20. The number of nitrogens with zero attached hydrogens (tertiary/aromatic N) is 1. The minimum Gasteiger partial charge on any atom is -0.494 e. The van der Waals surface area contributed by atoms with E-state index in [1.54, 1.807) is 0 Å². The van der Waals surface area contributed by atoms with Crippen LogP contribution in [-0.4, -0.2) is 20.2 Å². The molecular formula is C17H21NO. The van der Waals surface area contributed by atoms with Crippen LogP contribution in [0.2, 0.25) is 0 Å². The van der Waals surface area contributed by atoms with Gasteiger partial charge in [-0.1, -0.05) is 35.9 Å². The maximum atomic E-state index is 5.72. The predicted octanol–water partition coefficient (Wildman–Crippen LogP) is 3.90. The van der Waals surface area contributed by atoms with Crippen LogP contribution >= 0.6 is 0 Å². The van der Waals surface area contributed by atoms with Gasteiger partial charge >= 0.3 is 0 Å². The van der Waals surface area contributed by atoms with Crippen molar-refractivity contribution in [3.05, 3.63) is 60.2 Å². The average molecular weight is 255 g/mol. The Morgan fingerprint density at radius 3 is 2.32 bits per heavy atom. The molecule has 19 heavy (non-hydrogen) atoms. The summed E-state index contributed by atoms with van der Waals surface area (Å²) in [6.07, 6.45) is 1.01. The lowest BCUT2D eigenvalue weighted by molar-refractivity contribution is 0.312. The molecular weight excluding hydrogens is 234 g/mol. The summed E-state index contributed by atoms with van der Waals surface area (Å²) in [5.74, 6) is 0.952. The van der Waals surface area contributed by atoms with Gasteiger partial charge in [-0.05, 0) is 37.6 Å². The van der Waals surface area contributed by atoms with Crippen molar-refractivity contribution in [1.82, 2.24) is 0 Å². The Morgan fingerprint density at radius 2 is 1.63 bits per heavy atom. The van der Waals surface area contributed by atoms with Crippen molar-refractivity contribution >= 4 is 5.69 Å². The van der Waals surface area contributed by atoms with Gasteiger partial charge in [0.15, 0.2) is 0 Å². The molecule has 0 saturated carbocycles. The summed E-state index contributed by atoms with van der Waals surface area (Å²) in [5, 5.41) is 0. The first kappa shape index (κ1) is 13.5. The first-order valence-corrected chi connectivity index (χ1v) is 6.71. The SMILES string of the molecule is Cc1ccc(OCCCN(C)c2ccccc2)cc1. The molecule has 2 rings (SSSR count). The summed E-state index contributed by atoms with van der Waals surface area (Å²) < 4.78 is 5.72. The van der Waals surface area contributed by atoms with Gasteiger partial charge in [0.1, 0.15) is 5.75 Å². The molecule has 0 aliphatic carbocycles. The molecule has 2 aromatic carbocycles. The van der Waals surface area contributed by atoms with Gasteiger partial charge in [-0.3, -0.25) is 0 Å². The number of para-hydroxylation sites is 1. The normalized spacial score (nSPS) is 10.2. The van der Waals surface area contributed by atoms with Crippen LogP contribution in [0.1, 0.15) is 12.0 Å². The quantitative estimate of drug-likeness (QED) is 0.726. The molecule has 2 aromatic rings. The van der Waals surface area contributed by atoms with Gasteiger partial charge in [-0.2, -0.15) is 0 Å². The molecule has 0 radical (unpaired) electrons. The third kappa shape index (κ3) is 4.32. The second-order valence-electron chi connectivity index (χ2n) is 4.77. The molecule has 0 fully saturated rings. The van der Waals surface area contributed by atoms with Crippen molar-refractivity contribution in [2.45, 2.75) is 13.3 Å². The molecule has 0 aliphatic heterocycles. The van der Waals surface area contributed by atoms with Crippen LogP contribution < -0.4 is 9.64 Å². The monoisotopic (exact) mass is 255 g/mol. The first-order valence-electron chi connectivity index (χ1n) is 6.71. The largest absolute Gasteiger partial charge is 0.494 e. The van der Waals surface area contributed by atoms with Crippen LogP contribution in [0.4, 0.5) is 5.69 Å². The van der Waals surface area contributed by atoms with Gasteiger partial charge in [-0.15, -0.1) is 0 Å². The van der Waals surface area contributed by atoms with E-state index >= 15 is 0 Å². The Balaban J connectivity index is 1.71. The second-order valence-corrected chi connectivity index (χ2v) is 4.77. The maximum Gasteiger partial charge on any atom is 0.119 e. The van der Waals surface area contributed by atoms with Crippen molar-refractivity contribution in [2.24, 2.45) is 0 Å². The summed E-state index contributed by atoms with van der Waals surface area (Å²) in [6, 6.07) is 18.6. The molecule has 100 valence electrons. The van der Waals surface area contributed by atoms with Gasteiger partial charge in [0.25, 0.3) is 0 Å². The molecule has 0 unspecified atom stereocenters. The molecule has 0 heterocycles. The summed E-state index contributed by atoms with van der Waals surface area (Å²) in [5.41, 5.74) is 2.51. The number of anilines is 1. The Hall–Kier alpha value is -1.96. The van der Waals surface area contributed by atoms with E-state index in [0.717, 1.165) is 25.3 Å². The molecule has 0 aromatic heterocycles. The van der Waals surface area contributed by atoms with Crippen molar-refractivity contribution in [3.8, 4) is 5.75 Å². The van der Waals surface area contributed by atoms with E-state index in [1.165, 1.54) is 11.3 Å². The standard InChI is InChI=1S/C17H21NO/c1-15-9-11-17(12-10-15)19-14-6-13-18(2)16-7-4-3-5-8-16/h3-5,7-12H,6,13-14H2,1-2H3. The fourth-order valence-corrected chi connectivity index (χ4v) is 1.94. The molecule has 0 N–H and O–H groups in total. The van der Waals surface area contributed by atoms with E-state index < -0.39 is 0 Å². The fourth-order valence-electron chi connectivity index (χ4n) is 1.94. The van der Waals surface area contributed by atoms with E-state index in [2.05, 4.69) is 55.3 Å². The van der Waals surface area contributed by atoms with E-state index in [9.17, 15) is 0 Å². The molecule has 0 bridgehead atoms. The molecule has 0 spiro atoms. The average Bonchev–Trinajstić information content (AvgIpc) is 2.46. The van der Waals surface area contributed by atoms with Gasteiger partial charge in [0.2, 0.25) is 0 Å². The van der Waals surface area contributed by atoms with Gasteiger partial charge < -0.3 is 9.64 Å². The van der Waals surface area contributed by atoms with Crippen molar-refractivity contribution in [3.63, 3.8) is 0 Å². The Kier molecular flexibility index (Phi) is 4.85. The summed E-state index contributed by atoms with van der Waals surface area (Å²) in [4.78, 5) is 2.25. The topological polar surface area (TPSA) is 12.5 Å². The summed E-state index contributed by atoms with van der Waals surface area (Å²) in [6.45, 7) is 3.83. The highest BCUT2D eigenvalue weighted by molar-refractivity contribution is 5.44. The third-order valence-corrected chi connectivity index (χ3v) is 3.12. The van der Waals surface area contributed by atoms with E-state index in [-0.39, 0.29) is 0 Å². The molecule has 2 nitrogen and oxygen atoms in total. The zero-order valence-electron chi connectivity index (χ0n) is 11.7.